The molecule has 4 aromatic carbocycles. The Morgan fingerprint density at radius 3 is 2.52 bits per heavy atom. The molecule has 3 N–H and O–H groups in total. The molecular weight excluding hydrogens is 558 g/mol. The number of nitrogens with zero attached hydrogens (tertiary/aromatic N) is 4. The van der Waals surface area contributed by atoms with Gasteiger partial charge in [0, 0.05) is 53.4 Å². The van der Waals surface area contributed by atoms with Crippen molar-refractivity contribution in [2.75, 3.05) is 38.4 Å². The summed E-state index contributed by atoms with van der Waals surface area (Å²) in [5, 5.41) is 15.0. The standard InChI is InChI=1S/C33H29N7O4/c1-40(2)30(41)19-44-29-16-25-27(17-28(29)43-3)37-31(38-32(25)35-24-12-13-26-22(15-24)18-34-39-26)21-10-7-11-23(14-21)36-33(42)20-8-5-4-6-9-20/h4-18H,19H2,1-3H3,(H,34,39)(H,36,42)(H,35,37,38). The number of H-pyrrole nitrogens is 1. The summed E-state index contributed by atoms with van der Waals surface area (Å²) in [6.45, 7) is -0.158. The van der Waals surface area contributed by atoms with E-state index in [1.807, 2.05) is 60.7 Å². The molecule has 0 aliphatic carbocycles. The number of carbonyl (C=O) groups is 2. The Hall–Kier alpha value is -5.97. The number of likely N-dealkylation sites (N-methyl/N-ethyl adjacent to an activating group) is 1. The molecule has 0 atom stereocenters. The third-order valence-electron chi connectivity index (χ3n) is 6.95. The molecule has 6 rings (SSSR count). The fourth-order valence-corrected chi connectivity index (χ4v) is 4.59. The van der Waals surface area contributed by atoms with Gasteiger partial charge in [-0.15, -0.1) is 0 Å². The lowest BCUT2D eigenvalue weighted by Crippen LogP contribution is -2.27. The van der Waals surface area contributed by atoms with Crippen LogP contribution in [-0.2, 0) is 4.79 Å². The lowest BCUT2D eigenvalue weighted by Gasteiger charge is -2.16. The van der Waals surface area contributed by atoms with Crippen LogP contribution in [0.4, 0.5) is 17.2 Å². The average molecular weight is 588 g/mol. The first-order valence-corrected chi connectivity index (χ1v) is 13.8. The van der Waals surface area contributed by atoms with Gasteiger partial charge < -0.3 is 25.0 Å². The summed E-state index contributed by atoms with van der Waals surface area (Å²) in [5.41, 5.74) is 4.13. The van der Waals surface area contributed by atoms with Crippen molar-refractivity contribution >= 4 is 50.8 Å². The molecule has 2 amide bonds. The van der Waals surface area contributed by atoms with E-state index in [4.69, 9.17) is 19.4 Å². The van der Waals surface area contributed by atoms with Gasteiger partial charge in [-0.05, 0) is 48.5 Å². The Morgan fingerprint density at radius 2 is 1.73 bits per heavy atom. The molecule has 11 nitrogen and oxygen atoms in total. The summed E-state index contributed by atoms with van der Waals surface area (Å²) in [6.07, 6.45) is 1.75. The molecule has 0 saturated heterocycles. The summed E-state index contributed by atoms with van der Waals surface area (Å²) < 4.78 is 11.5. The normalized spacial score (nSPS) is 10.9. The molecule has 0 unspecified atom stereocenters. The maximum atomic E-state index is 12.8. The van der Waals surface area contributed by atoms with Crippen molar-refractivity contribution in [1.82, 2.24) is 25.1 Å². The monoisotopic (exact) mass is 587 g/mol. The van der Waals surface area contributed by atoms with E-state index in [0.29, 0.717) is 50.9 Å². The van der Waals surface area contributed by atoms with Gasteiger partial charge in [0.25, 0.3) is 11.8 Å². The number of aromatic amines is 1. The number of rotatable bonds is 9. The van der Waals surface area contributed by atoms with E-state index in [2.05, 4.69) is 20.8 Å². The van der Waals surface area contributed by atoms with Crippen molar-refractivity contribution in [2.45, 2.75) is 0 Å². The van der Waals surface area contributed by atoms with Gasteiger partial charge in [0.15, 0.2) is 23.9 Å². The van der Waals surface area contributed by atoms with Crippen LogP contribution in [0.25, 0.3) is 33.2 Å². The van der Waals surface area contributed by atoms with Gasteiger partial charge in [-0.3, -0.25) is 14.7 Å². The first kappa shape index (κ1) is 28.2. The number of amides is 2. The van der Waals surface area contributed by atoms with Crippen molar-refractivity contribution in [3.8, 4) is 22.9 Å². The van der Waals surface area contributed by atoms with Gasteiger partial charge in [0.2, 0.25) is 0 Å². The van der Waals surface area contributed by atoms with Crippen LogP contribution in [0.3, 0.4) is 0 Å². The van der Waals surface area contributed by atoms with E-state index < -0.39 is 0 Å². The largest absolute Gasteiger partial charge is 0.493 e. The topological polar surface area (TPSA) is 134 Å². The molecule has 2 aromatic heterocycles. The van der Waals surface area contributed by atoms with Crippen LogP contribution >= 0.6 is 0 Å². The van der Waals surface area contributed by atoms with E-state index in [1.54, 1.807) is 44.6 Å². The minimum absolute atomic E-state index is 0.158. The lowest BCUT2D eigenvalue weighted by atomic mass is 10.1. The minimum Gasteiger partial charge on any atom is -0.493 e. The van der Waals surface area contributed by atoms with Crippen LogP contribution in [0.1, 0.15) is 10.4 Å². The van der Waals surface area contributed by atoms with Crippen molar-refractivity contribution in [1.29, 1.82) is 0 Å². The summed E-state index contributed by atoms with van der Waals surface area (Å²) in [4.78, 5) is 36.2. The molecule has 220 valence electrons. The lowest BCUT2D eigenvalue weighted by molar-refractivity contribution is -0.130. The number of hydrogen-bond donors (Lipinski definition) is 3. The number of benzene rings is 4. The highest BCUT2D eigenvalue weighted by Crippen LogP contribution is 2.37. The van der Waals surface area contributed by atoms with Crippen LogP contribution in [0.5, 0.6) is 11.5 Å². The fourth-order valence-electron chi connectivity index (χ4n) is 4.59. The van der Waals surface area contributed by atoms with E-state index in [0.717, 1.165) is 16.6 Å². The number of nitrogens with one attached hydrogen (secondary N) is 3. The molecule has 0 radical (unpaired) electrons. The zero-order valence-electron chi connectivity index (χ0n) is 24.3. The highest BCUT2D eigenvalue weighted by atomic mass is 16.5. The molecule has 0 bridgehead atoms. The highest BCUT2D eigenvalue weighted by Gasteiger charge is 2.17. The fraction of sp³-hybridized carbons (Fsp3) is 0.121. The second-order valence-electron chi connectivity index (χ2n) is 10.2. The Bertz CT molecular complexity index is 1990. The highest BCUT2D eigenvalue weighted by molar-refractivity contribution is 6.04. The number of carbonyl (C=O) groups excluding carboxylic acids is 2. The number of hydrogen-bond acceptors (Lipinski definition) is 8. The quantitative estimate of drug-likeness (QED) is 0.198. The minimum atomic E-state index is -0.218. The number of anilines is 3. The van der Waals surface area contributed by atoms with Crippen molar-refractivity contribution in [3.05, 3.63) is 96.7 Å². The number of aromatic nitrogens is 4. The number of ether oxygens (including phenoxy) is 2. The predicted octanol–water partition coefficient (Wildman–Crippen LogP) is 5.64. The molecule has 2 heterocycles. The van der Waals surface area contributed by atoms with Gasteiger partial charge in [-0.25, -0.2) is 9.97 Å². The average Bonchev–Trinajstić information content (AvgIpc) is 3.51. The summed E-state index contributed by atoms with van der Waals surface area (Å²) in [7, 11) is 4.86. The van der Waals surface area contributed by atoms with Crippen molar-refractivity contribution in [2.24, 2.45) is 0 Å². The molecular formula is C33H29N7O4. The maximum absolute atomic E-state index is 12.8. The molecule has 44 heavy (non-hydrogen) atoms. The van der Waals surface area contributed by atoms with E-state index in [9.17, 15) is 9.59 Å². The van der Waals surface area contributed by atoms with Gasteiger partial charge in [0.05, 0.1) is 24.3 Å². The first-order valence-electron chi connectivity index (χ1n) is 13.8. The van der Waals surface area contributed by atoms with Crippen LogP contribution in [0.15, 0.2) is 91.1 Å². The number of fused-ring (bicyclic) bond motifs is 2. The maximum Gasteiger partial charge on any atom is 0.259 e. The van der Waals surface area contributed by atoms with Crippen LogP contribution in [0.2, 0.25) is 0 Å². The summed E-state index contributed by atoms with van der Waals surface area (Å²) in [6, 6.07) is 25.7. The van der Waals surface area contributed by atoms with Crippen LogP contribution in [0, 0.1) is 0 Å². The Balaban J connectivity index is 1.42. The van der Waals surface area contributed by atoms with Gasteiger partial charge in [-0.2, -0.15) is 5.10 Å². The van der Waals surface area contributed by atoms with Crippen molar-refractivity contribution in [3.63, 3.8) is 0 Å². The van der Waals surface area contributed by atoms with Gasteiger partial charge in [0.1, 0.15) is 5.82 Å². The zero-order chi connectivity index (χ0) is 30.6. The Morgan fingerprint density at radius 1 is 0.886 bits per heavy atom. The van der Waals surface area contributed by atoms with E-state index in [-0.39, 0.29) is 18.4 Å². The Labute approximate surface area is 252 Å². The smallest absolute Gasteiger partial charge is 0.259 e. The molecule has 0 fully saturated rings. The molecule has 0 spiro atoms. The van der Waals surface area contributed by atoms with Crippen LogP contribution < -0.4 is 20.1 Å². The molecule has 11 heteroatoms. The van der Waals surface area contributed by atoms with Crippen LogP contribution in [-0.4, -0.2) is 64.7 Å². The van der Waals surface area contributed by atoms with Gasteiger partial charge in [-0.1, -0.05) is 30.3 Å². The van der Waals surface area contributed by atoms with E-state index >= 15 is 0 Å². The second-order valence-corrected chi connectivity index (χ2v) is 10.2. The third kappa shape index (κ3) is 5.97. The molecule has 0 aliphatic rings. The summed E-state index contributed by atoms with van der Waals surface area (Å²) >= 11 is 0. The predicted molar refractivity (Wildman–Crippen MR) is 169 cm³/mol. The van der Waals surface area contributed by atoms with E-state index in [1.165, 1.54) is 12.0 Å². The second kappa shape index (κ2) is 12.1. The van der Waals surface area contributed by atoms with Crippen molar-refractivity contribution < 1.29 is 19.1 Å². The first-order chi connectivity index (χ1) is 21.4. The third-order valence-corrected chi connectivity index (χ3v) is 6.95. The summed E-state index contributed by atoms with van der Waals surface area (Å²) in [5.74, 6) is 1.33. The SMILES string of the molecule is COc1cc2nc(-c3cccc(NC(=O)c4ccccc4)c3)nc(Nc3ccc4[nH]ncc4c3)c2cc1OCC(=O)N(C)C. The molecule has 6 aromatic rings. The molecule has 0 aliphatic heterocycles. The zero-order valence-corrected chi connectivity index (χ0v) is 24.3. The number of methoxy groups -OCH3 is 1. The molecule has 0 saturated carbocycles. The Kier molecular flexibility index (Phi) is 7.75. The van der Waals surface area contributed by atoms with Gasteiger partial charge >= 0.3 is 0 Å².